The summed E-state index contributed by atoms with van der Waals surface area (Å²) in [6.45, 7) is 5.28. The quantitative estimate of drug-likeness (QED) is 0.562. The van der Waals surface area contributed by atoms with Crippen molar-refractivity contribution in [3.8, 4) is 0 Å². The van der Waals surface area contributed by atoms with Crippen LogP contribution in [0.1, 0.15) is 65.2 Å². The Bertz CT molecular complexity index is 528. The molecule has 0 spiro atoms. The minimum Gasteiger partial charge on any atom is -0.458 e. The number of nitrogens with zero attached hydrogens (tertiary/aromatic N) is 1. The van der Waals surface area contributed by atoms with Crippen molar-refractivity contribution >= 4 is 24.3 Å². The van der Waals surface area contributed by atoms with Gasteiger partial charge in [-0.15, -0.1) is 12.4 Å². The largest absolute Gasteiger partial charge is 0.458 e. The van der Waals surface area contributed by atoms with Gasteiger partial charge in [0.2, 0.25) is 0 Å². The van der Waals surface area contributed by atoms with Crippen LogP contribution in [0.15, 0.2) is 11.1 Å². The topological polar surface area (TPSA) is 55.8 Å². The lowest BCUT2D eigenvalue weighted by atomic mass is 9.77. The monoisotopic (exact) mass is 371 g/mol. The number of hydrogen-bond acceptors (Lipinski definition) is 5. The lowest BCUT2D eigenvalue weighted by Crippen LogP contribution is -2.44. The highest BCUT2D eigenvalue weighted by atomic mass is 35.5. The van der Waals surface area contributed by atoms with Crippen LogP contribution in [0.25, 0.3) is 0 Å². The molecule has 3 aliphatic rings. The first-order valence-electron chi connectivity index (χ1n) is 9.31. The number of hydrogen-bond donors (Lipinski definition) is 0. The van der Waals surface area contributed by atoms with Crippen molar-refractivity contribution in [2.45, 2.75) is 83.5 Å². The summed E-state index contributed by atoms with van der Waals surface area (Å²) in [4.78, 5) is 25.4. The van der Waals surface area contributed by atoms with Crippen molar-refractivity contribution in [2.75, 3.05) is 13.1 Å². The summed E-state index contributed by atoms with van der Waals surface area (Å²) >= 11 is 0. The first-order chi connectivity index (χ1) is 11.5. The normalized spacial score (nSPS) is 30.1. The molecule has 142 valence electrons. The third kappa shape index (κ3) is 5.20. The standard InChI is InChI=1S/C19H29NO4.ClH/c1-13(21)23-18-11-15-6-7-17(20-8-4-3-5-9-20)10-16(15)12-19(18)24-14(2)22;/h17-19H,3-12H2,1-2H3;1H/t17?,18-,19+;/m1./s1. The number of halogens is 1. The van der Waals surface area contributed by atoms with Gasteiger partial charge in [0.25, 0.3) is 0 Å². The highest BCUT2D eigenvalue weighted by Crippen LogP contribution is 2.39. The number of rotatable bonds is 3. The Morgan fingerprint density at radius 2 is 1.44 bits per heavy atom. The van der Waals surface area contributed by atoms with Gasteiger partial charge in [0.1, 0.15) is 12.2 Å². The fourth-order valence-corrected chi connectivity index (χ4v) is 4.53. The van der Waals surface area contributed by atoms with Gasteiger partial charge in [0, 0.05) is 32.7 Å². The molecule has 25 heavy (non-hydrogen) atoms. The Kier molecular flexibility index (Phi) is 7.32. The Morgan fingerprint density at radius 3 is 2.00 bits per heavy atom. The molecule has 0 radical (unpaired) electrons. The molecule has 6 heteroatoms. The van der Waals surface area contributed by atoms with E-state index in [1.165, 1.54) is 63.8 Å². The van der Waals surface area contributed by atoms with E-state index in [9.17, 15) is 9.59 Å². The Balaban J connectivity index is 0.00000225. The summed E-state index contributed by atoms with van der Waals surface area (Å²) in [5.41, 5.74) is 2.87. The van der Waals surface area contributed by atoms with Crippen LogP contribution in [0.3, 0.4) is 0 Å². The number of carbonyl (C=O) groups excluding carboxylic acids is 2. The molecule has 5 nitrogen and oxygen atoms in total. The molecule has 3 rings (SSSR count). The smallest absolute Gasteiger partial charge is 0.303 e. The van der Waals surface area contributed by atoms with E-state index in [0.29, 0.717) is 6.04 Å². The van der Waals surface area contributed by atoms with E-state index in [4.69, 9.17) is 9.47 Å². The summed E-state index contributed by atoms with van der Waals surface area (Å²) in [7, 11) is 0. The summed E-state index contributed by atoms with van der Waals surface area (Å²) in [6.07, 6.45) is 8.14. The Labute approximate surface area is 156 Å². The van der Waals surface area contributed by atoms with Crippen LogP contribution in [0.4, 0.5) is 0 Å². The molecular formula is C19H30ClNO4. The van der Waals surface area contributed by atoms with Gasteiger partial charge in [-0.3, -0.25) is 9.59 Å². The van der Waals surface area contributed by atoms with E-state index < -0.39 is 0 Å². The average Bonchev–Trinajstić information content (AvgIpc) is 2.55. The highest BCUT2D eigenvalue weighted by molar-refractivity contribution is 5.85. The Hall–Kier alpha value is -1.07. The number of ether oxygens (including phenoxy) is 2. The van der Waals surface area contributed by atoms with Gasteiger partial charge in [-0.2, -0.15) is 0 Å². The van der Waals surface area contributed by atoms with Crippen molar-refractivity contribution in [2.24, 2.45) is 0 Å². The predicted molar refractivity (Wildman–Crippen MR) is 97.7 cm³/mol. The third-order valence-corrected chi connectivity index (χ3v) is 5.61. The van der Waals surface area contributed by atoms with E-state index in [0.717, 1.165) is 25.7 Å². The molecule has 1 heterocycles. The van der Waals surface area contributed by atoms with Gasteiger partial charge in [-0.25, -0.2) is 0 Å². The molecule has 0 aromatic carbocycles. The van der Waals surface area contributed by atoms with Crippen LogP contribution < -0.4 is 0 Å². The maximum absolute atomic E-state index is 11.4. The van der Waals surface area contributed by atoms with E-state index in [-0.39, 0.29) is 36.6 Å². The molecule has 0 aromatic heterocycles. The second-order valence-corrected chi connectivity index (χ2v) is 7.40. The van der Waals surface area contributed by atoms with Crippen LogP contribution in [0.2, 0.25) is 0 Å². The third-order valence-electron chi connectivity index (χ3n) is 5.61. The molecule has 0 saturated carbocycles. The van der Waals surface area contributed by atoms with Crippen LogP contribution in [-0.4, -0.2) is 48.2 Å². The average molecular weight is 372 g/mol. The zero-order valence-electron chi connectivity index (χ0n) is 15.3. The maximum atomic E-state index is 11.4. The molecule has 0 N–H and O–H groups in total. The lowest BCUT2D eigenvalue weighted by molar-refractivity contribution is -0.166. The van der Waals surface area contributed by atoms with Crippen molar-refractivity contribution < 1.29 is 19.1 Å². The van der Waals surface area contributed by atoms with Crippen LogP contribution in [0.5, 0.6) is 0 Å². The number of esters is 2. The van der Waals surface area contributed by atoms with Crippen molar-refractivity contribution in [3.05, 3.63) is 11.1 Å². The van der Waals surface area contributed by atoms with Crippen LogP contribution in [-0.2, 0) is 19.1 Å². The minimum atomic E-state index is -0.328. The number of carbonyl (C=O) groups is 2. The van der Waals surface area contributed by atoms with Crippen LogP contribution in [0, 0.1) is 0 Å². The van der Waals surface area contributed by atoms with Gasteiger partial charge in [-0.1, -0.05) is 17.6 Å². The van der Waals surface area contributed by atoms with Gasteiger partial charge >= 0.3 is 11.9 Å². The van der Waals surface area contributed by atoms with E-state index >= 15 is 0 Å². The number of piperidine rings is 1. The molecule has 1 fully saturated rings. The first kappa shape index (κ1) is 20.2. The van der Waals surface area contributed by atoms with E-state index in [2.05, 4.69) is 4.90 Å². The van der Waals surface area contributed by atoms with E-state index in [1.807, 2.05) is 0 Å². The molecule has 0 bridgehead atoms. The maximum Gasteiger partial charge on any atom is 0.303 e. The molecule has 1 aliphatic heterocycles. The van der Waals surface area contributed by atoms with Crippen molar-refractivity contribution in [1.82, 2.24) is 4.90 Å². The van der Waals surface area contributed by atoms with Gasteiger partial charge in [0.15, 0.2) is 0 Å². The molecule has 1 unspecified atom stereocenters. The van der Waals surface area contributed by atoms with E-state index in [1.54, 1.807) is 0 Å². The van der Waals surface area contributed by atoms with Gasteiger partial charge in [0.05, 0.1) is 0 Å². The first-order valence-corrected chi connectivity index (χ1v) is 9.31. The van der Waals surface area contributed by atoms with Gasteiger partial charge in [-0.05, 0) is 45.2 Å². The Morgan fingerprint density at radius 1 is 0.880 bits per heavy atom. The summed E-state index contributed by atoms with van der Waals surface area (Å²) in [6, 6.07) is 0.632. The second kappa shape index (κ2) is 9.04. The zero-order chi connectivity index (χ0) is 17.1. The second-order valence-electron chi connectivity index (χ2n) is 7.40. The molecular weight excluding hydrogens is 342 g/mol. The summed E-state index contributed by atoms with van der Waals surface area (Å²) < 4.78 is 10.9. The summed E-state index contributed by atoms with van der Waals surface area (Å²) in [5.74, 6) is -0.604. The van der Waals surface area contributed by atoms with Crippen molar-refractivity contribution in [3.63, 3.8) is 0 Å². The molecule has 2 aliphatic carbocycles. The summed E-state index contributed by atoms with van der Waals surface area (Å²) in [5, 5.41) is 0. The fraction of sp³-hybridized carbons (Fsp3) is 0.789. The SMILES string of the molecule is CC(=O)O[C@H]1CC2=C(CCC(N3CCCCC3)C2)C[C@H]1OC(C)=O.Cl. The zero-order valence-corrected chi connectivity index (χ0v) is 16.1. The molecule has 1 saturated heterocycles. The van der Waals surface area contributed by atoms with Crippen LogP contribution >= 0.6 is 12.4 Å². The number of likely N-dealkylation sites (tertiary alicyclic amines) is 1. The molecule has 0 amide bonds. The van der Waals surface area contributed by atoms with Gasteiger partial charge < -0.3 is 14.4 Å². The highest BCUT2D eigenvalue weighted by Gasteiger charge is 2.37. The molecule has 0 aromatic rings. The fourth-order valence-electron chi connectivity index (χ4n) is 4.53. The predicted octanol–water partition coefficient (Wildman–Crippen LogP) is 3.40. The molecule has 3 atom stereocenters. The minimum absolute atomic E-state index is 0. The van der Waals surface area contributed by atoms with Crippen molar-refractivity contribution in [1.29, 1.82) is 0 Å². The lowest BCUT2D eigenvalue weighted by Gasteiger charge is -2.42.